The van der Waals surface area contributed by atoms with Crippen molar-refractivity contribution in [2.75, 3.05) is 33.2 Å². The Kier molecular flexibility index (Phi) is 9.26. The number of rotatable bonds is 6. The fraction of sp³-hybridized carbons (Fsp3) is 0.545. The molecule has 1 amide bonds. The molecule has 3 N–H and O–H groups in total. The van der Waals surface area contributed by atoms with E-state index in [4.69, 9.17) is 4.99 Å². The van der Waals surface area contributed by atoms with Crippen LogP contribution in [-0.4, -0.2) is 55.0 Å². The molecule has 2 aromatic rings. The van der Waals surface area contributed by atoms with Crippen molar-refractivity contribution in [2.24, 2.45) is 10.9 Å². The van der Waals surface area contributed by atoms with Crippen molar-refractivity contribution in [1.29, 1.82) is 0 Å². The highest BCUT2D eigenvalue weighted by molar-refractivity contribution is 14.0. The second kappa shape index (κ2) is 11.4. The maximum Gasteiger partial charge on any atom is 0.220 e. The Hall–Kier alpha value is -1.77. The number of amides is 1. The number of guanidine groups is 1. The zero-order valence-electron chi connectivity index (χ0n) is 17.8. The summed E-state index contributed by atoms with van der Waals surface area (Å²) < 4.78 is 0. The first-order chi connectivity index (χ1) is 13.6. The van der Waals surface area contributed by atoms with Crippen LogP contribution < -0.4 is 10.6 Å². The quantitative estimate of drug-likeness (QED) is 0.316. The van der Waals surface area contributed by atoms with Crippen molar-refractivity contribution in [3.8, 4) is 0 Å². The molecule has 0 atom stereocenters. The number of carbonyl (C=O) groups excluding carboxylic acids is 1. The minimum atomic E-state index is 0. The predicted octanol–water partition coefficient (Wildman–Crippen LogP) is 3.45. The van der Waals surface area contributed by atoms with Gasteiger partial charge in [0.05, 0.1) is 0 Å². The third-order valence-electron chi connectivity index (χ3n) is 5.65. The number of benzene rings is 1. The van der Waals surface area contributed by atoms with Gasteiger partial charge < -0.3 is 20.5 Å². The third-order valence-corrected chi connectivity index (χ3v) is 5.65. The number of hydrogen-bond acceptors (Lipinski definition) is 2. The summed E-state index contributed by atoms with van der Waals surface area (Å²) in [6.07, 6.45) is 3.65. The number of H-pyrrole nitrogens is 1. The van der Waals surface area contributed by atoms with Crippen molar-refractivity contribution in [2.45, 2.75) is 39.5 Å². The number of carbonyl (C=O) groups is 1. The van der Waals surface area contributed by atoms with Crippen LogP contribution in [0.5, 0.6) is 0 Å². The van der Waals surface area contributed by atoms with E-state index in [9.17, 15) is 4.79 Å². The fourth-order valence-corrected chi connectivity index (χ4v) is 4.07. The average Bonchev–Trinajstić information content (AvgIpc) is 3.03. The predicted molar refractivity (Wildman–Crippen MR) is 131 cm³/mol. The maximum atomic E-state index is 11.6. The van der Waals surface area contributed by atoms with Gasteiger partial charge in [0.1, 0.15) is 0 Å². The van der Waals surface area contributed by atoms with Crippen LogP contribution in [0.25, 0.3) is 10.9 Å². The van der Waals surface area contributed by atoms with Crippen LogP contribution >= 0.6 is 24.0 Å². The monoisotopic (exact) mass is 511 g/mol. The highest BCUT2D eigenvalue weighted by Gasteiger charge is 2.23. The van der Waals surface area contributed by atoms with Crippen molar-refractivity contribution < 1.29 is 4.79 Å². The zero-order chi connectivity index (χ0) is 19.9. The Bertz CT molecular complexity index is 824. The van der Waals surface area contributed by atoms with Crippen LogP contribution in [0.15, 0.2) is 29.3 Å². The van der Waals surface area contributed by atoms with Crippen molar-refractivity contribution in [1.82, 2.24) is 20.5 Å². The molecule has 1 aromatic heterocycles. The molecule has 1 fully saturated rings. The lowest BCUT2D eigenvalue weighted by Crippen LogP contribution is -2.46. The topological polar surface area (TPSA) is 72.5 Å². The molecule has 6 nitrogen and oxygen atoms in total. The number of fused-ring (bicyclic) bond motifs is 1. The van der Waals surface area contributed by atoms with Gasteiger partial charge in [0.15, 0.2) is 5.96 Å². The van der Waals surface area contributed by atoms with Crippen LogP contribution in [0.3, 0.4) is 0 Å². The Labute approximate surface area is 190 Å². The summed E-state index contributed by atoms with van der Waals surface area (Å²) in [5.74, 6) is 1.62. The van der Waals surface area contributed by atoms with E-state index >= 15 is 0 Å². The number of halogens is 1. The molecule has 160 valence electrons. The van der Waals surface area contributed by atoms with E-state index in [0.29, 0.717) is 12.3 Å². The van der Waals surface area contributed by atoms with Gasteiger partial charge in [-0.15, -0.1) is 24.0 Å². The highest BCUT2D eigenvalue weighted by atomic mass is 127. The molecule has 1 aliphatic heterocycles. The zero-order valence-corrected chi connectivity index (χ0v) is 20.1. The van der Waals surface area contributed by atoms with Crippen LogP contribution in [0.4, 0.5) is 0 Å². The van der Waals surface area contributed by atoms with Gasteiger partial charge >= 0.3 is 0 Å². The number of aromatic nitrogens is 1. The molecule has 1 aliphatic rings. The number of aryl methyl sites for hydroxylation is 1. The Balaban J connectivity index is 0.00000300. The molecule has 7 heteroatoms. The van der Waals surface area contributed by atoms with Gasteiger partial charge in [-0.05, 0) is 50.7 Å². The van der Waals surface area contributed by atoms with Gasteiger partial charge in [0, 0.05) is 56.2 Å². The number of nitrogens with zero attached hydrogens (tertiary/aromatic N) is 2. The molecule has 29 heavy (non-hydrogen) atoms. The lowest BCUT2D eigenvalue weighted by Gasteiger charge is -2.34. The maximum absolute atomic E-state index is 11.6. The molecule has 3 rings (SSSR count). The number of likely N-dealkylation sites (tertiary alicyclic amines) is 1. The van der Waals surface area contributed by atoms with E-state index in [-0.39, 0.29) is 29.9 Å². The average molecular weight is 511 g/mol. The van der Waals surface area contributed by atoms with Gasteiger partial charge in [-0.1, -0.05) is 18.2 Å². The summed E-state index contributed by atoms with van der Waals surface area (Å²) in [5, 5.41) is 7.47. The van der Waals surface area contributed by atoms with E-state index in [1.54, 1.807) is 7.05 Å². The van der Waals surface area contributed by atoms with Crippen molar-refractivity contribution >= 4 is 46.7 Å². The SMILES string of the molecule is CCNC(=NCCc1c(C)[nH]c2ccccc12)N1CCC(CC(=O)NC)CC1.I. The summed E-state index contributed by atoms with van der Waals surface area (Å²) >= 11 is 0. The first kappa shape index (κ1) is 23.5. The van der Waals surface area contributed by atoms with Gasteiger partial charge in [0.25, 0.3) is 0 Å². The summed E-state index contributed by atoms with van der Waals surface area (Å²) in [4.78, 5) is 22.3. The standard InChI is InChI=1S/C22H33N5O.HI/c1-4-24-22(27-13-10-17(11-14-27)15-21(28)23-3)25-12-9-18-16(2)26-20-8-6-5-7-19(18)20;/h5-8,17,26H,4,9-15H2,1-3H3,(H,23,28)(H,24,25);1H. The normalized spacial score (nSPS) is 15.3. The Morgan fingerprint density at radius 2 is 2.00 bits per heavy atom. The Morgan fingerprint density at radius 3 is 2.69 bits per heavy atom. The van der Waals surface area contributed by atoms with Crippen LogP contribution in [0.1, 0.15) is 37.4 Å². The van der Waals surface area contributed by atoms with Crippen molar-refractivity contribution in [3.05, 3.63) is 35.5 Å². The number of aromatic amines is 1. The second-order valence-electron chi connectivity index (χ2n) is 7.57. The number of para-hydroxylation sites is 1. The Morgan fingerprint density at radius 1 is 1.28 bits per heavy atom. The summed E-state index contributed by atoms with van der Waals surface area (Å²) in [5.41, 5.74) is 3.79. The molecule has 0 radical (unpaired) electrons. The second-order valence-corrected chi connectivity index (χ2v) is 7.57. The molecular formula is C22H34IN5O. The summed E-state index contributed by atoms with van der Waals surface area (Å²) in [7, 11) is 1.71. The van der Waals surface area contributed by atoms with E-state index in [0.717, 1.165) is 51.4 Å². The first-order valence-electron chi connectivity index (χ1n) is 10.4. The highest BCUT2D eigenvalue weighted by Crippen LogP contribution is 2.23. The van der Waals surface area contributed by atoms with Crippen LogP contribution in [0, 0.1) is 12.8 Å². The van der Waals surface area contributed by atoms with E-state index in [1.807, 2.05) is 0 Å². The summed E-state index contributed by atoms with van der Waals surface area (Å²) in [6, 6.07) is 8.47. The van der Waals surface area contributed by atoms with Crippen LogP contribution in [-0.2, 0) is 11.2 Å². The number of hydrogen-bond donors (Lipinski definition) is 3. The molecule has 0 unspecified atom stereocenters. The van der Waals surface area contributed by atoms with Gasteiger partial charge in [-0.3, -0.25) is 9.79 Å². The van der Waals surface area contributed by atoms with Crippen molar-refractivity contribution in [3.63, 3.8) is 0 Å². The number of piperidine rings is 1. The third kappa shape index (κ3) is 6.10. The van der Waals surface area contributed by atoms with E-state index in [1.165, 1.54) is 22.2 Å². The minimum Gasteiger partial charge on any atom is -0.359 e. The largest absolute Gasteiger partial charge is 0.359 e. The molecule has 0 spiro atoms. The molecule has 1 saturated heterocycles. The number of aliphatic imine (C=N–C) groups is 1. The first-order valence-corrected chi connectivity index (χ1v) is 10.4. The van der Waals surface area contributed by atoms with Gasteiger partial charge in [-0.25, -0.2) is 0 Å². The van der Waals surface area contributed by atoms with E-state index in [2.05, 4.69) is 58.6 Å². The smallest absolute Gasteiger partial charge is 0.220 e. The van der Waals surface area contributed by atoms with Crippen LogP contribution in [0.2, 0.25) is 0 Å². The molecule has 0 bridgehead atoms. The molecular weight excluding hydrogens is 477 g/mol. The minimum absolute atomic E-state index is 0. The summed E-state index contributed by atoms with van der Waals surface area (Å²) in [6.45, 7) is 7.80. The van der Waals surface area contributed by atoms with E-state index < -0.39 is 0 Å². The van der Waals surface area contributed by atoms with Gasteiger partial charge in [-0.2, -0.15) is 0 Å². The number of nitrogens with one attached hydrogen (secondary N) is 3. The lowest BCUT2D eigenvalue weighted by atomic mass is 9.93. The molecule has 1 aromatic carbocycles. The molecule has 0 aliphatic carbocycles. The van der Waals surface area contributed by atoms with Gasteiger partial charge in [0.2, 0.25) is 5.91 Å². The lowest BCUT2D eigenvalue weighted by molar-refractivity contribution is -0.121. The molecule has 0 saturated carbocycles. The molecule has 2 heterocycles. The fourth-order valence-electron chi connectivity index (χ4n) is 4.07.